The van der Waals surface area contributed by atoms with Crippen LogP contribution in [0.1, 0.15) is 6.92 Å². The van der Waals surface area contributed by atoms with Crippen LogP contribution >= 0.6 is 34.8 Å². The number of anilines is 1. The van der Waals surface area contributed by atoms with Crippen molar-refractivity contribution in [2.75, 3.05) is 24.5 Å². The highest BCUT2D eigenvalue weighted by Gasteiger charge is 2.42. The summed E-state index contributed by atoms with van der Waals surface area (Å²) in [5.74, 6) is -0.983. The predicted molar refractivity (Wildman–Crippen MR) is 90.9 cm³/mol. The second-order valence-electron chi connectivity index (χ2n) is 5.51. The van der Waals surface area contributed by atoms with Gasteiger partial charge in [-0.3, -0.25) is 9.59 Å². The Labute approximate surface area is 148 Å². The SMILES string of the molecule is C[C@@H]1CN(C2=C(Cl)C(=O)N(c3ccc(Cl)c(Cl)c3)C2=O)CCN1. The fraction of sp³-hybridized carbons (Fsp3) is 0.333. The van der Waals surface area contributed by atoms with Gasteiger partial charge in [0.1, 0.15) is 10.7 Å². The Morgan fingerprint density at radius 1 is 1.13 bits per heavy atom. The molecule has 0 radical (unpaired) electrons. The molecule has 0 bridgehead atoms. The lowest BCUT2D eigenvalue weighted by Crippen LogP contribution is -2.50. The fourth-order valence-corrected chi connectivity index (χ4v) is 3.34. The standard InChI is InChI=1S/C15H14Cl3N3O2/c1-8-7-20(5-4-19-8)13-12(18)14(22)21(15(13)23)9-2-3-10(16)11(17)6-9/h2-3,6,8,19H,4-5,7H2,1H3/t8-/m1/s1. The van der Waals surface area contributed by atoms with Crippen molar-refractivity contribution in [2.24, 2.45) is 0 Å². The number of halogens is 3. The van der Waals surface area contributed by atoms with Crippen LogP contribution in [-0.4, -0.2) is 42.4 Å². The van der Waals surface area contributed by atoms with Gasteiger partial charge in [-0.1, -0.05) is 34.8 Å². The van der Waals surface area contributed by atoms with Crippen LogP contribution in [0.15, 0.2) is 28.9 Å². The van der Waals surface area contributed by atoms with Crippen molar-refractivity contribution in [3.8, 4) is 0 Å². The van der Waals surface area contributed by atoms with E-state index < -0.39 is 11.8 Å². The Hall–Kier alpha value is -1.27. The lowest BCUT2D eigenvalue weighted by molar-refractivity contribution is -0.121. The van der Waals surface area contributed by atoms with E-state index in [9.17, 15) is 9.59 Å². The minimum absolute atomic E-state index is 0.0600. The van der Waals surface area contributed by atoms with Crippen LogP contribution in [0, 0.1) is 0 Å². The van der Waals surface area contributed by atoms with Crippen molar-refractivity contribution in [1.82, 2.24) is 10.2 Å². The summed E-state index contributed by atoms with van der Waals surface area (Å²) in [4.78, 5) is 28.1. The maximum absolute atomic E-state index is 12.8. The number of carbonyl (C=O) groups excluding carboxylic acids is 2. The molecule has 0 aromatic heterocycles. The zero-order chi connectivity index (χ0) is 16.7. The average Bonchev–Trinajstić information content (AvgIpc) is 2.72. The number of carbonyl (C=O) groups is 2. The minimum atomic E-state index is -0.545. The molecule has 1 aromatic rings. The number of hydrogen-bond donors (Lipinski definition) is 1. The van der Waals surface area contributed by atoms with E-state index >= 15 is 0 Å². The molecule has 2 amide bonds. The lowest BCUT2D eigenvalue weighted by atomic mass is 10.2. The number of amides is 2. The smallest absolute Gasteiger partial charge is 0.283 e. The first-order valence-electron chi connectivity index (χ1n) is 7.12. The number of nitrogens with one attached hydrogen (secondary N) is 1. The Kier molecular flexibility index (Phi) is 4.56. The number of hydrogen-bond acceptors (Lipinski definition) is 4. The van der Waals surface area contributed by atoms with Crippen LogP contribution in [0.4, 0.5) is 5.69 Å². The Bertz CT molecular complexity index is 720. The third kappa shape index (κ3) is 2.94. The molecule has 1 atom stereocenters. The molecule has 0 aliphatic carbocycles. The summed E-state index contributed by atoms with van der Waals surface area (Å²) >= 11 is 18.0. The van der Waals surface area contributed by atoms with Gasteiger partial charge in [-0.05, 0) is 25.1 Å². The Balaban J connectivity index is 1.93. The topological polar surface area (TPSA) is 52.7 Å². The molecule has 1 fully saturated rings. The third-order valence-electron chi connectivity index (χ3n) is 3.85. The molecule has 2 aliphatic heterocycles. The molecule has 0 unspecified atom stereocenters. The van der Waals surface area contributed by atoms with Crippen LogP contribution < -0.4 is 10.2 Å². The van der Waals surface area contributed by atoms with Crippen molar-refractivity contribution < 1.29 is 9.59 Å². The van der Waals surface area contributed by atoms with Gasteiger partial charge < -0.3 is 10.2 Å². The first-order chi connectivity index (χ1) is 10.9. The second kappa shape index (κ2) is 6.32. The lowest BCUT2D eigenvalue weighted by Gasteiger charge is -2.33. The van der Waals surface area contributed by atoms with E-state index in [1.54, 1.807) is 12.1 Å². The Morgan fingerprint density at radius 3 is 2.52 bits per heavy atom. The minimum Gasteiger partial charge on any atom is -0.363 e. The maximum atomic E-state index is 12.8. The van der Waals surface area contributed by atoms with Crippen molar-refractivity contribution in [2.45, 2.75) is 13.0 Å². The van der Waals surface area contributed by atoms with Gasteiger partial charge in [0.05, 0.1) is 15.7 Å². The van der Waals surface area contributed by atoms with Crippen molar-refractivity contribution in [3.63, 3.8) is 0 Å². The summed E-state index contributed by atoms with van der Waals surface area (Å²) in [6.45, 7) is 3.96. The van der Waals surface area contributed by atoms with E-state index in [2.05, 4.69) is 5.32 Å². The van der Waals surface area contributed by atoms with Gasteiger partial charge in [-0.25, -0.2) is 4.90 Å². The molecule has 2 heterocycles. The molecule has 0 saturated carbocycles. The summed E-state index contributed by atoms with van der Waals surface area (Å²) in [5, 5.41) is 3.84. The van der Waals surface area contributed by atoms with Gasteiger partial charge >= 0.3 is 0 Å². The highest BCUT2D eigenvalue weighted by molar-refractivity contribution is 6.52. The van der Waals surface area contributed by atoms with Crippen molar-refractivity contribution in [3.05, 3.63) is 39.0 Å². The summed E-state index contributed by atoms with van der Waals surface area (Å²) in [6, 6.07) is 4.80. The molecule has 23 heavy (non-hydrogen) atoms. The summed E-state index contributed by atoms with van der Waals surface area (Å²) < 4.78 is 0. The fourth-order valence-electron chi connectivity index (χ4n) is 2.76. The van der Waals surface area contributed by atoms with E-state index in [4.69, 9.17) is 34.8 Å². The van der Waals surface area contributed by atoms with Gasteiger partial charge in [0.25, 0.3) is 11.8 Å². The first kappa shape index (κ1) is 16.6. The summed E-state index contributed by atoms with van der Waals surface area (Å²) in [6.07, 6.45) is 0. The average molecular weight is 375 g/mol. The van der Waals surface area contributed by atoms with Crippen LogP contribution in [0.25, 0.3) is 0 Å². The van der Waals surface area contributed by atoms with Crippen molar-refractivity contribution in [1.29, 1.82) is 0 Å². The molecule has 0 spiro atoms. The highest BCUT2D eigenvalue weighted by Crippen LogP contribution is 2.34. The van der Waals surface area contributed by atoms with Crippen LogP contribution in [0.2, 0.25) is 10.0 Å². The summed E-state index contributed by atoms with van der Waals surface area (Å²) in [7, 11) is 0. The van der Waals surface area contributed by atoms with Gasteiger partial charge in [0, 0.05) is 25.7 Å². The molecule has 1 N–H and O–H groups in total. The normalized spacial score (nSPS) is 22.3. The van der Waals surface area contributed by atoms with Crippen LogP contribution in [0.3, 0.4) is 0 Å². The van der Waals surface area contributed by atoms with Crippen LogP contribution in [0.5, 0.6) is 0 Å². The molecule has 1 saturated heterocycles. The molecule has 8 heteroatoms. The molecular weight excluding hydrogens is 361 g/mol. The van der Waals surface area contributed by atoms with E-state index in [0.717, 1.165) is 11.4 Å². The molecule has 2 aliphatic rings. The first-order valence-corrected chi connectivity index (χ1v) is 8.25. The Morgan fingerprint density at radius 2 is 1.87 bits per heavy atom. The maximum Gasteiger partial charge on any atom is 0.283 e. The van der Waals surface area contributed by atoms with E-state index in [-0.39, 0.29) is 21.8 Å². The molecule has 122 valence electrons. The largest absolute Gasteiger partial charge is 0.363 e. The van der Waals surface area contributed by atoms with E-state index in [1.807, 2.05) is 11.8 Å². The monoisotopic (exact) mass is 373 g/mol. The molecule has 1 aromatic carbocycles. The number of benzene rings is 1. The summed E-state index contributed by atoms with van der Waals surface area (Å²) in [5.41, 5.74) is 0.599. The number of imide groups is 1. The van der Waals surface area contributed by atoms with Gasteiger partial charge in [0.15, 0.2) is 0 Å². The zero-order valence-corrected chi connectivity index (χ0v) is 14.5. The van der Waals surface area contributed by atoms with Gasteiger partial charge in [-0.15, -0.1) is 0 Å². The van der Waals surface area contributed by atoms with E-state index in [0.29, 0.717) is 23.8 Å². The van der Waals surface area contributed by atoms with Gasteiger partial charge in [-0.2, -0.15) is 0 Å². The molecule has 5 nitrogen and oxygen atoms in total. The number of rotatable bonds is 2. The van der Waals surface area contributed by atoms with E-state index in [1.165, 1.54) is 6.07 Å². The zero-order valence-electron chi connectivity index (χ0n) is 12.3. The van der Waals surface area contributed by atoms with Gasteiger partial charge in [0.2, 0.25) is 0 Å². The second-order valence-corrected chi connectivity index (χ2v) is 6.70. The molecule has 3 rings (SSSR count). The third-order valence-corrected chi connectivity index (χ3v) is 4.93. The predicted octanol–water partition coefficient (Wildman–Crippen LogP) is 2.61. The highest BCUT2D eigenvalue weighted by atomic mass is 35.5. The number of piperazine rings is 1. The quantitative estimate of drug-likeness (QED) is 0.809. The van der Waals surface area contributed by atoms with Crippen molar-refractivity contribution >= 4 is 52.3 Å². The number of nitrogens with zero attached hydrogens (tertiary/aromatic N) is 2. The van der Waals surface area contributed by atoms with Crippen LogP contribution in [-0.2, 0) is 9.59 Å². The molecular formula is C15H14Cl3N3O2.